The van der Waals surface area contributed by atoms with Crippen LogP contribution < -0.4 is 10.3 Å². The van der Waals surface area contributed by atoms with Crippen LogP contribution >= 0.6 is 0 Å². The summed E-state index contributed by atoms with van der Waals surface area (Å²) in [4.78, 5) is 11.7. The van der Waals surface area contributed by atoms with Crippen molar-refractivity contribution in [2.75, 3.05) is 7.11 Å². The van der Waals surface area contributed by atoms with Gasteiger partial charge >= 0.3 is 0 Å². The molecule has 0 aliphatic heterocycles. The second-order valence-corrected chi connectivity index (χ2v) is 4.27. The fourth-order valence-corrected chi connectivity index (χ4v) is 1.85. The maximum absolute atomic E-state index is 11.7. The van der Waals surface area contributed by atoms with Crippen LogP contribution in [-0.4, -0.2) is 22.0 Å². The standard InChI is InChI=1S/C14H16N2O3/c1-10(17)11-5-6-13(19-2)12(8-11)9-16-14(18)4-3-7-15-16/h3-8,10,17H,9H2,1-2H3. The normalized spacial score (nSPS) is 12.2. The molecular formula is C14H16N2O3. The monoisotopic (exact) mass is 260 g/mol. The van der Waals surface area contributed by atoms with E-state index in [-0.39, 0.29) is 5.56 Å². The van der Waals surface area contributed by atoms with Gasteiger partial charge in [-0.15, -0.1) is 0 Å². The number of aliphatic hydroxyl groups excluding tert-OH is 1. The van der Waals surface area contributed by atoms with Crippen molar-refractivity contribution < 1.29 is 9.84 Å². The van der Waals surface area contributed by atoms with Gasteiger partial charge in [0.2, 0.25) is 0 Å². The minimum absolute atomic E-state index is 0.174. The number of hydrogen-bond acceptors (Lipinski definition) is 4. The number of aliphatic hydroxyl groups is 1. The Kier molecular flexibility index (Phi) is 3.97. The predicted octanol–water partition coefficient (Wildman–Crippen LogP) is 1.35. The van der Waals surface area contributed by atoms with Gasteiger partial charge in [0.25, 0.3) is 5.56 Å². The van der Waals surface area contributed by atoms with Crippen molar-refractivity contribution in [3.05, 3.63) is 58.0 Å². The van der Waals surface area contributed by atoms with E-state index in [1.807, 2.05) is 6.07 Å². The first kappa shape index (κ1) is 13.3. The number of aromatic nitrogens is 2. The van der Waals surface area contributed by atoms with E-state index in [0.717, 1.165) is 11.1 Å². The summed E-state index contributed by atoms with van der Waals surface area (Å²) in [6.45, 7) is 2.00. The van der Waals surface area contributed by atoms with Gasteiger partial charge in [-0.05, 0) is 30.7 Å². The predicted molar refractivity (Wildman–Crippen MR) is 71.2 cm³/mol. The molecule has 2 rings (SSSR count). The first-order valence-corrected chi connectivity index (χ1v) is 5.99. The molecule has 1 heterocycles. The second-order valence-electron chi connectivity index (χ2n) is 4.27. The van der Waals surface area contributed by atoms with E-state index < -0.39 is 6.10 Å². The summed E-state index contributed by atoms with van der Waals surface area (Å²) in [6, 6.07) is 8.46. The van der Waals surface area contributed by atoms with Crippen molar-refractivity contribution in [1.29, 1.82) is 0 Å². The zero-order chi connectivity index (χ0) is 13.8. The number of methoxy groups -OCH3 is 1. The third-order valence-corrected chi connectivity index (χ3v) is 2.89. The molecule has 2 aromatic rings. The van der Waals surface area contributed by atoms with Gasteiger partial charge in [-0.2, -0.15) is 5.10 Å². The fourth-order valence-electron chi connectivity index (χ4n) is 1.85. The first-order chi connectivity index (χ1) is 9.11. The molecule has 5 nitrogen and oxygen atoms in total. The Hall–Kier alpha value is -2.14. The fraction of sp³-hybridized carbons (Fsp3) is 0.286. The summed E-state index contributed by atoms with van der Waals surface area (Å²) in [7, 11) is 1.57. The Balaban J connectivity index is 2.40. The Bertz CT molecular complexity index is 620. The van der Waals surface area contributed by atoms with E-state index in [1.54, 1.807) is 38.4 Å². The van der Waals surface area contributed by atoms with Gasteiger partial charge in [-0.25, -0.2) is 4.68 Å². The van der Waals surface area contributed by atoms with Gasteiger partial charge in [0, 0.05) is 17.8 Å². The summed E-state index contributed by atoms with van der Waals surface area (Å²) in [5.74, 6) is 0.668. The van der Waals surface area contributed by atoms with E-state index in [2.05, 4.69) is 5.10 Å². The molecule has 0 aliphatic carbocycles. The molecule has 1 N–H and O–H groups in total. The molecule has 0 spiro atoms. The molecular weight excluding hydrogens is 244 g/mol. The zero-order valence-corrected chi connectivity index (χ0v) is 10.9. The molecule has 19 heavy (non-hydrogen) atoms. The smallest absolute Gasteiger partial charge is 0.267 e. The lowest BCUT2D eigenvalue weighted by Gasteiger charge is -2.12. The van der Waals surface area contributed by atoms with Crippen LogP contribution in [0.4, 0.5) is 0 Å². The van der Waals surface area contributed by atoms with E-state index in [4.69, 9.17) is 4.74 Å². The zero-order valence-electron chi connectivity index (χ0n) is 10.9. The van der Waals surface area contributed by atoms with E-state index in [0.29, 0.717) is 12.3 Å². The summed E-state index contributed by atoms with van der Waals surface area (Å²) >= 11 is 0. The van der Waals surface area contributed by atoms with Crippen molar-refractivity contribution in [3.8, 4) is 5.75 Å². The van der Waals surface area contributed by atoms with Crippen LogP contribution in [0.5, 0.6) is 5.75 Å². The molecule has 0 bridgehead atoms. The maximum Gasteiger partial charge on any atom is 0.267 e. The second kappa shape index (κ2) is 5.67. The summed E-state index contributed by atoms with van der Waals surface area (Å²) < 4.78 is 6.62. The molecule has 1 aromatic carbocycles. The molecule has 0 saturated heterocycles. The summed E-state index contributed by atoms with van der Waals surface area (Å²) in [5, 5.41) is 13.6. The third-order valence-electron chi connectivity index (χ3n) is 2.89. The van der Waals surface area contributed by atoms with Crippen LogP contribution in [0.25, 0.3) is 0 Å². The lowest BCUT2D eigenvalue weighted by Crippen LogP contribution is -2.22. The van der Waals surface area contributed by atoms with Crippen molar-refractivity contribution >= 4 is 0 Å². The molecule has 0 amide bonds. The van der Waals surface area contributed by atoms with Crippen molar-refractivity contribution in [2.45, 2.75) is 19.6 Å². The van der Waals surface area contributed by atoms with Crippen LogP contribution in [0.15, 0.2) is 41.3 Å². The van der Waals surface area contributed by atoms with Crippen LogP contribution in [0.2, 0.25) is 0 Å². The van der Waals surface area contributed by atoms with Crippen molar-refractivity contribution in [3.63, 3.8) is 0 Å². The molecule has 5 heteroatoms. The lowest BCUT2D eigenvalue weighted by molar-refractivity contribution is 0.199. The SMILES string of the molecule is COc1ccc(C(C)O)cc1Cn1ncccc1=O. The Labute approximate surface area is 111 Å². The quantitative estimate of drug-likeness (QED) is 0.901. The highest BCUT2D eigenvalue weighted by molar-refractivity contribution is 5.38. The average Bonchev–Trinajstić information content (AvgIpc) is 2.41. The number of benzene rings is 1. The van der Waals surface area contributed by atoms with Crippen LogP contribution in [0.1, 0.15) is 24.2 Å². The van der Waals surface area contributed by atoms with Gasteiger partial charge < -0.3 is 9.84 Å². The van der Waals surface area contributed by atoms with E-state index in [1.165, 1.54) is 10.7 Å². The highest BCUT2D eigenvalue weighted by Gasteiger charge is 2.09. The number of ether oxygens (including phenoxy) is 1. The molecule has 1 aromatic heterocycles. The summed E-state index contributed by atoms with van der Waals surface area (Å²) in [6.07, 6.45) is 0.997. The maximum atomic E-state index is 11.7. The highest BCUT2D eigenvalue weighted by atomic mass is 16.5. The molecule has 0 aliphatic rings. The van der Waals surface area contributed by atoms with Crippen LogP contribution in [-0.2, 0) is 6.54 Å². The van der Waals surface area contributed by atoms with Crippen molar-refractivity contribution in [2.24, 2.45) is 0 Å². The molecule has 100 valence electrons. The van der Waals surface area contributed by atoms with Crippen molar-refractivity contribution in [1.82, 2.24) is 9.78 Å². The van der Waals surface area contributed by atoms with Gasteiger partial charge in [0.15, 0.2) is 0 Å². The highest BCUT2D eigenvalue weighted by Crippen LogP contribution is 2.23. The number of hydrogen-bond donors (Lipinski definition) is 1. The minimum Gasteiger partial charge on any atom is -0.496 e. The molecule has 1 atom stereocenters. The molecule has 0 saturated carbocycles. The number of rotatable bonds is 4. The average molecular weight is 260 g/mol. The van der Waals surface area contributed by atoms with Gasteiger partial charge in [-0.3, -0.25) is 4.79 Å². The van der Waals surface area contributed by atoms with Crippen LogP contribution in [0.3, 0.4) is 0 Å². The Morgan fingerprint density at radius 3 is 2.84 bits per heavy atom. The number of nitrogens with zero attached hydrogens (tertiary/aromatic N) is 2. The molecule has 0 radical (unpaired) electrons. The van der Waals surface area contributed by atoms with Gasteiger partial charge in [-0.1, -0.05) is 6.07 Å². The Morgan fingerprint density at radius 1 is 1.42 bits per heavy atom. The third kappa shape index (κ3) is 3.00. The first-order valence-electron chi connectivity index (χ1n) is 5.99. The van der Waals surface area contributed by atoms with E-state index >= 15 is 0 Å². The lowest BCUT2D eigenvalue weighted by atomic mass is 10.1. The minimum atomic E-state index is -0.565. The largest absolute Gasteiger partial charge is 0.496 e. The van der Waals surface area contributed by atoms with E-state index in [9.17, 15) is 9.90 Å². The Morgan fingerprint density at radius 2 is 2.21 bits per heavy atom. The summed E-state index contributed by atoms with van der Waals surface area (Å²) in [5.41, 5.74) is 1.41. The van der Waals surface area contributed by atoms with Gasteiger partial charge in [0.05, 0.1) is 19.8 Å². The molecule has 0 fully saturated rings. The van der Waals surface area contributed by atoms with Gasteiger partial charge in [0.1, 0.15) is 5.75 Å². The molecule has 1 unspecified atom stereocenters. The topological polar surface area (TPSA) is 64.3 Å². The van der Waals surface area contributed by atoms with Crippen LogP contribution in [0, 0.1) is 0 Å².